The molecule has 0 radical (unpaired) electrons. The number of carbonyl (C=O) groups excluding carboxylic acids is 1. The Morgan fingerprint density at radius 1 is 1.09 bits per heavy atom. The quantitative estimate of drug-likeness (QED) is 0.625. The van der Waals surface area contributed by atoms with Gasteiger partial charge in [-0.3, -0.25) is 4.79 Å². The fraction of sp³-hybridized carbons (Fsp3) is 0.889. The van der Waals surface area contributed by atoms with Gasteiger partial charge in [0.2, 0.25) is 0 Å². The number of Topliss-reactive ketones (excluding diaryl/α,β-unsaturated/α-hetero) is 1. The van der Waals surface area contributed by atoms with Gasteiger partial charge in [-0.15, -0.1) is 0 Å². The van der Waals surface area contributed by atoms with Gasteiger partial charge < -0.3 is 4.74 Å². The van der Waals surface area contributed by atoms with Crippen molar-refractivity contribution in [2.45, 2.75) is 46.8 Å². The maximum Gasteiger partial charge on any atom is 0.163 e. The highest BCUT2D eigenvalue weighted by Gasteiger charge is 2.17. The molecule has 0 spiro atoms. The standard InChI is InChI=1S/C9H18O2/c1-6(2)9(10)8(5)11-7(3)4/h6-8H,1-5H3/t8-/m1/s1. The predicted molar refractivity (Wildman–Crippen MR) is 45.5 cm³/mol. The van der Waals surface area contributed by atoms with Gasteiger partial charge in [0, 0.05) is 5.92 Å². The first kappa shape index (κ1) is 10.6. The number of ketones is 1. The Labute approximate surface area is 68.9 Å². The van der Waals surface area contributed by atoms with E-state index in [4.69, 9.17) is 4.74 Å². The largest absolute Gasteiger partial charge is 0.368 e. The molecule has 2 heteroatoms. The zero-order valence-corrected chi connectivity index (χ0v) is 8.05. The van der Waals surface area contributed by atoms with Gasteiger partial charge in [-0.2, -0.15) is 0 Å². The van der Waals surface area contributed by atoms with Crippen molar-refractivity contribution >= 4 is 5.78 Å². The van der Waals surface area contributed by atoms with E-state index in [1.54, 1.807) is 0 Å². The molecule has 0 aromatic carbocycles. The molecule has 0 saturated heterocycles. The van der Waals surface area contributed by atoms with Crippen LogP contribution in [0.3, 0.4) is 0 Å². The van der Waals surface area contributed by atoms with E-state index in [0.717, 1.165) is 0 Å². The summed E-state index contributed by atoms with van der Waals surface area (Å²) >= 11 is 0. The second-order valence-electron chi connectivity index (χ2n) is 3.38. The molecule has 0 N–H and O–H groups in total. The third-order valence-electron chi connectivity index (χ3n) is 1.45. The van der Waals surface area contributed by atoms with Crippen LogP contribution in [-0.2, 0) is 9.53 Å². The van der Waals surface area contributed by atoms with Crippen molar-refractivity contribution in [3.05, 3.63) is 0 Å². The molecular weight excluding hydrogens is 140 g/mol. The summed E-state index contributed by atoms with van der Waals surface area (Å²) in [5.74, 6) is 0.252. The van der Waals surface area contributed by atoms with Crippen LogP contribution in [0, 0.1) is 5.92 Å². The lowest BCUT2D eigenvalue weighted by Gasteiger charge is -2.16. The SMILES string of the molecule is CC(C)O[C@H](C)C(=O)C(C)C. The van der Waals surface area contributed by atoms with Crippen LogP contribution in [0.4, 0.5) is 0 Å². The first-order chi connectivity index (χ1) is 4.95. The molecule has 0 unspecified atom stereocenters. The van der Waals surface area contributed by atoms with Crippen LogP contribution in [0.15, 0.2) is 0 Å². The maximum absolute atomic E-state index is 11.3. The van der Waals surface area contributed by atoms with Crippen molar-refractivity contribution in [2.75, 3.05) is 0 Å². The highest BCUT2D eigenvalue weighted by atomic mass is 16.5. The van der Waals surface area contributed by atoms with Gasteiger partial charge in [-0.1, -0.05) is 13.8 Å². The number of ether oxygens (including phenoxy) is 1. The molecule has 11 heavy (non-hydrogen) atoms. The van der Waals surface area contributed by atoms with Gasteiger partial charge in [0.25, 0.3) is 0 Å². The predicted octanol–water partition coefficient (Wildman–Crippen LogP) is 2.02. The molecule has 0 aromatic rings. The Kier molecular flexibility index (Phi) is 4.34. The van der Waals surface area contributed by atoms with Gasteiger partial charge in [0.15, 0.2) is 5.78 Å². The molecule has 0 amide bonds. The fourth-order valence-electron chi connectivity index (χ4n) is 0.945. The lowest BCUT2D eigenvalue weighted by molar-refractivity contribution is -0.135. The maximum atomic E-state index is 11.3. The van der Waals surface area contributed by atoms with Crippen LogP contribution < -0.4 is 0 Å². The molecule has 1 atom stereocenters. The van der Waals surface area contributed by atoms with Crippen molar-refractivity contribution in [2.24, 2.45) is 5.92 Å². The molecule has 66 valence electrons. The lowest BCUT2D eigenvalue weighted by atomic mass is 10.1. The van der Waals surface area contributed by atoms with Crippen molar-refractivity contribution in [1.29, 1.82) is 0 Å². The first-order valence-corrected chi connectivity index (χ1v) is 4.14. The lowest BCUT2D eigenvalue weighted by Crippen LogP contribution is -2.27. The Morgan fingerprint density at radius 3 is 1.82 bits per heavy atom. The molecular formula is C9H18O2. The normalized spacial score (nSPS) is 14.1. The molecule has 2 nitrogen and oxygen atoms in total. The summed E-state index contributed by atoms with van der Waals surface area (Å²) in [6.45, 7) is 9.46. The van der Waals surface area contributed by atoms with Crippen molar-refractivity contribution in [1.82, 2.24) is 0 Å². The fourth-order valence-corrected chi connectivity index (χ4v) is 0.945. The molecule has 0 aliphatic rings. The molecule has 0 aliphatic heterocycles. The molecule has 0 aromatic heterocycles. The Hall–Kier alpha value is -0.370. The van der Waals surface area contributed by atoms with Gasteiger partial charge in [0.05, 0.1) is 6.10 Å². The summed E-state index contributed by atoms with van der Waals surface area (Å²) in [4.78, 5) is 11.3. The number of hydrogen-bond donors (Lipinski definition) is 0. The van der Waals surface area contributed by atoms with Gasteiger partial charge in [-0.25, -0.2) is 0 Å². The van der Waals surface area contributed by atoms with Crippen LogP contribution in [0.5, 0.6) is 0 Å². The van der Waals surface area contributed by atoms with Gasteiger partial charge in [-0.05, 0) is 20.8 Å². The smallest absolute Gasteiger partial charge is 0.163 e. The van der Waals surface area contributed by atoms with Crippen LogP contribution in [0.2, 0.25) is 0 Å². The summed E-state index contributed by atoms with van der Waals surface area (Å²) in [7, 11) is 0. The van der Waals surface area contributed by atoms with Crippen LogP contribution in [-0.4, -0.2) is 18.0 Å². The van der Waals surface area contributed by atoms with Crippen LogP contribution >= 0.6 is 0 Å². The summed E-state index contributed by atoms with van der Waals surface area (Å²) in [6.07, 6.45) is -0.123. The van der Waals surface area contributed by atoms with E-state index in [1.807, 2.05) is 34.6 Å². The topological polar surface area (TPSA) is 26.3 Å². The molecule has 0 saturated carbocycles. The van der Waals surface area contributed by atoms with Crippen molar-refractivity contribution in [3.63, 3.8) is 0 Å². The zero-order valence-electron chi connectivity index (χ0n) is 8.05. The van der Waals surface area contributed by atoms with E-state index in [9.17, 15) is 4.79 Å². The number of rotatable bonds is 4. The van der Waals surface area contributed by atoms with E-state index < -0.39 is 0 Å². The zero-order chi connectivity index (χ0) is 9.02. The van der Waals surface area contributed by atoms with E-state index in [-0.39, 0.29) is 23.9 Å². The van der Waals surface area contributed by atoms with Crippen LogP contribution in [0.25, 0.3) is 0 Å². The minimum atomic E-state index is -0.255. The highest BCUT2D eigenvalue weighted by Crippen LogP contribution is 2.05. The molecule has 0 heterocycles. The van der Waals surface area contributed by atoms with Crippen molar-refractivity contribution < 1.29 is 9.53 Å². The first-order valence-electron chi connectivity index (χ1n) is 4.14. The average Bonchev–Trinajstić information content (AvgIpc) is 1.84. The third kappa shape index (κ3) is 4.14. The van der Waals surface area contributed by atoms with Crippen molar-refractivity contribution in [3.8, 4) is 0 Å². The summed E-state index contributed by atoms with van der Waals surface area (Å²) in [6, 6.07) is 0. The Bertz CT molecular complexity index is 128. The van der Waals surface area contributed by atoms with E-state index >= 15 is 0 Å². The highest BCUT2D eigenvalue weighted by molar-refractivity contribution is 5.84. The van der Waals surface area contributed by atoms with Crippen LogP contribution in [0.1, 0.15) is 34.6 Å². The minimum Gasteiger partial charge on any atom is -0.368 e. The summed E-state index contributed by atoms with van der Waals surface area (Å²) < 4.78 is 5.32. The summed E-state index contributed by atoms with van der Waals surface area (Å²) in [5.41, 5.74) is 0. The summed E-state index contributed by atoms with van der Waals surface area (Å²) in [5, 5.41) is 0. The monoisotopic (exact) mass is 158 g/mol. The molecule has 0 rings (SSSR count). The second-order valence-corrected chi connectivity index (χ2v) is 3.38. The average molecular weight is 158 g/mol. The Morgan fingerprint density at radius 2 is 1.55 bits per heavy atom. The van der Waals surface area contributed by atoms with E-state index in [0.29, 0.717) is 0 Å². The molecule has 0 bridgehead atoms. The third-order valence-corrected chi connectivity index (χ3v) is 1.45. The van der Waals surface area contributed by atoms with Gasteiger partial charge >= 0.3 is 0 Å². The number of hydrogen-bond acceptors (Lipinski definition) is 2. The molecule has 0 aliphatic carbocycles. The number of carbonyl (C=O) groups is 1. The molecule has 0 fully saturated rings. The second kappa shape index (κ2) is 4.50. The van der Waals surface area contributed by atoms with E-state index in [1.165, 1.54) is 0 Å². The Balaban J connectivity index is 3.83. The van der Waals surface area contributed by atoms with Gasteiger partial charge in [0.1, 0.15) is 6.10 Å². The minimum absolute atomic E-state index is 0.0729. The van der Waals surface area contributed by atoms with E-state index in [2.05, 4.69) is 0 Å².